The molecule has 0 unspecified atom stereocenters. The van der Waals surface area contributed by atoms with Gasteiger partial charge in [-0.25, -0.2) is 8.42 Å². The van der Waals surface area contributed by atoms with Crippen LogP contribution in [-0.2, 0) is 14.8 Å². The average Bonchev–Trinajstić information content (AvgIpc) is 2.76. The van der Waals surface area contributed by atoms with Crippen molar-refractivity contribution in [2.45, 2.75) is 18.7 Å². The van der Waals surface area contributed by atoms with Crippen molar-refractivity contribution in [2.75, 3.05) is 51.3 Å². The van der Waals surface area contributed by atoms with E-state index in [1.165, 1.54) is 10.4 Å². The Balaban J connectivity index is 1.59. The minimum atomic E-state index is -3.67. The summed E-state index contributed by atoms with van der Waals surface area (Å²) < 4.78 is 38.3. The van der Waals surface area contributed by atoms with Crippen molar-refractivity contribution in [3.63, 3.8) is 0 Å². The van der Waals surface area contributed by atoms with Crippen LogP contribution in [0.25, 0.3) is 0 Å². The molecule has 1 aliphatic rings. The van der Waals surface area contributed by atoms with Crippen molar-refractivity contribution in [1.82, 2.24) is 9.21 Å². The van der Waals surface area contributed by atoms with Gasteiger partial charge < -0.3 is 14.8 Å². The van der Waals surface area contributed by atoms with Gasteiger partial charge in [0.1, 0.15) is 16.4 Å². The minimum Gasteiger partial charge on any atom is -0.494 e. The fourth-order valence-corrected chi connectivity index (χ4v) is 5.37. The van der Waals surface area contributed by atoms with Crippen LogP contribution in [0.5, 0.6) is 11.5 Å². The Hall–Kier alpha value is -2.33. The number of carbonyl (C=O) groups excluding carboxylic acids is 1. The summed E-state index contributed by atoms with van der Waals surface area (Å²) in [5.41, 5.74) is 0.544. The number of sulfonamides is 1. The Bertz CT molecular complexity index is 1040. The second kappa shape index (κ2) is 11.0. The summed E-state index contributed by atoms with van der Waals surface area (Å²) in [5, 5.41) is 3.08. The summed E-state index contributed by atoms with van der Waals surface area (Å²) in [6.45, 7) is 6.34. The van der Waals surface area contributed by atoms with Crippen LogP contribution >= 0.6 is 11.6 Å². The number of piperazine rings is 1. The lowest BCUT2D eigenvalue weighted by Crippen LogP contribution is -2.50. The standard InChI is InChI=1S/C22H28ClN3O5S/c1-3-30-17-9-10-20(31-4-2)19(15-17)24-22(27)16-25-11-13-26(14-12-25)32(28,29)21-8-6-5-7-18(21)23/h5-10,15H,3-4,11-14,16H2,1-2H3,(H,24,27). The predicted octanol–water partition coefficient (Wildman–Crippen LogP) is 3.08. The number of nitrogens with zero attached hydrogens (tertiary/aromatic N) is 2. The topological polar surface area (TPSA) is 88.2 Å². The quantitative estimate of drug-likeness (QED) is 0.592. The van der Waals surface area contributed by atoms with Gasteiger partial charge in [-0.3, -0.25) is 9.69 Å². The molecule has 174 valence electrons. The Morgan fingerprint density at radius 3 is 2.38 bits per heavy atom. The molecule has 0 spiro atoms. The number of nitrogens with one attached hydrogen (secondary N) is 1. The van der Waals surface area contributed by atoms with Gasteiger partial charge in [-0.05, 0) is 38.1 Å². The lowest BCUT2D eigenvalue weighted by atomic mass is 10.2. The number of carbonyl (C=O) groups is 1. The first-order chi connectivity index (χ1) is 15.3. The molecule has 1 fully saturated rings. The number of hydrogen-bond acceptors (Lipinski definition) is 6. The van der Waals surface area contributed by atoms with Crippen LogP contribution in [0.4, 0.5) is 5.69 Å². The Morgan fingerprint density at radius 1 is 1.03 bits per heavy atom. The monoisotopic (exact) mass is 481 g/mol. The smallest absolute Gasteiger partial charge is 0.244 e. The zero-order valence-electron chi connectivity index (χ0n) is 18.2. The van der Waals surface area contributed by atoms with Gasteiger partial charge in [-0.2, -0.15) is 4.31 Å². The molecule has 10 heteroatoms. The summed E-state index contributed by atoms with van der Waals surface area (Å²) >= 11 is 6.08. The van der Waals surface area contributed by atoms with E-state index < -0.39 is 10.0 Å². The molecule has 0 saturated carbocycles. The molecule has 2 aromatic rings. The van der Waals surface area contributed by atoms with Gasteiger partial charge >= 0.3 is 0 Å². The SMILES string of the molecule is CCOc1ccc(OCC)c(NC(=O)CN2CCN(S(=O)(=O)c3ccccc3Cl)CC2)c1. The molecule has 32 heavy (non-hydrogen) atoms. The molecule has 2 aromatic carbocycles. The van der Waals surface area contributed by atoms with Crippen molar-refractivity contribution in [3.8, 4) is 11.5 Å². The molecule has 1 saturated heterocycles. The van der Waals surface area contributed by atoms with E-state index in [1.807, 2.05) is 18.7 Å². The highest BCUT2D eigenvalue weighted by Gasteiger charge is 2.30. The zero-order valence-corrected chi connectivity index (χ0v) is 19.8. The lowest BCUT2D eigenvalue weighted by Gasteiger charge is -2.33. The maximum absolute atomic E-state index is 12.9. The Labute approximate surface area is 194 Å². The van der Waals surface area contributed by atoms with Crippen molar-refractivity contribution in [1.29, 1.82) is 0 Å². The normalized spacial score (nSPS) is 15.3. The number of benzene rings is 2. The van der Waals surface area contributed by atoms with Gasteiger partial charge in [0, 0.05) is 32.2 Å². The molecule has 0 atom stereocenters. The summed E-state index contributed by atoms with van der Waals surface area (Å²) in [7, 11) is -3.67. The zero-order chi connectivity index (χ0) is 23.1. The van der Waals surface area contributed by atoms with Crippen molar-refractivity contribution < 1.29 is 22.7 Å². The highest BCUT2D eigenvalue weighted by Crippen LogP contribution is 2.29. The molecule has 0 aliphatic carbocycles. The van der Waals surface area contributed by atoms with E-state index in [0.29, 0.717) is 43.5 Å². The van der Waals surface area contributed by atoms with Gasteiger partial charge in [0.15, 0.2) is 0 Å². The minimum absolute atomic E-state index is 0.102. The molecule has 3 rings (SSSR count). The van der Waals surface area contributed by atoms with E-state index in [9.17, 15) is 13.2 Å². The highest BCUT2D eigenvalue weighted by atomic mass is 35.5. The number of hydrogen-bond donors (Lipinski definition) is 1. The van der Waals surface area contributed by atoms with Gasteiger partial charge in [0.05, 0.1) is 30.5 Å². The van der Waals surface area contributed by atoms with E-state index in [2.05, 4.69) is 5.32 Å². The largest absolute Gasteiger partial charge is 0.494 e. The molecule has 0 radical (unpaired) electrons. The van der Waals surface area contributed by atoms with Crippen molar-refractivity contribution in [2.24, 2.45) is 0 Å². The first-order valence-electron chi connectivity index (χ1n) is 10.5. The van der Waals surface area contributed by atoms with Gasteiger partial charge in [0.2, 0.25) is 15.9 Å². The summed E-state index contributed by atoms with van der Waals surface area (Å²) in [6.07, 6.45) is 0. The number of halogens is 1. The molecule has 0 aromatic heterocycles. The van der Waals surface area contributed by atoms with Crippen LogP contribution < -0.4 is 14.8 Å². The van der Waals surface area contributed by atoms with E-state index in [1.54, 1.807) is 36.4 Å². The Kier molecular flexibility index (Phi) is 8.36. The van der Waals surface area contributed by atoms with Gasteiger partial charge in [-0.1, -0.05) is 23.7 Å². The summed E-state index contributed by atoms with van der Waals surface area (Å²) in [6, 6.07) is 11.7. The molecule has 8 nitrogen and oxygen atoms in total. The van der Waals surface area contributed by atoms with E-state index in [-0.39, 0.29) is 35.5 Å². The van der Waals surface area contributed by atoms with Crippen LogP contribution in [0.3, 0.4) is 0 Å². The van der Waals surface area contributed by atoms with E-state index >= 15 is 0 Å². The maximum Gasteiger partial charge on any atom is 0.244 e. The molecule has 1 heterocycles. The fourth-order valence-electron chi connectivity index (χ4n) is 3.46. The second-order valence-electron chi connectivity index (χ2n) is 7.18. The lowest BCUT2D eigenvalue weighted by molar-refractivity contribution is -0.117. The van der Waals surface area contributed by atoms with Crippen LogP contribution in [0.2, 0.25) is 5.02 Å². The molecule has 0 bridgehead atoms. The molecule has 1 aliphatic heterocycles. The molecule has 1 N–H and O–H groups in total. The maximum atomic E-state index is 12.9. The molecular formula is C22H28ClN3O5S. The first kappa shape index (κ1) is 24.3. The fraction of sp³-hybridized carbons (Fsp3) is 0.409. The molecule has 1 amide bonds. The van der Waals surface area contributed by atoms with Crippen molar-refractivity contribution in [3.05, 3.63) is 47.5 Å². The van der Waals surface area contributed by atoms with Gasteiger partial charge in [-0.15, -0.1) is 0 Å². The van der Waals surface area contributed by atoms with Crippen LogP contribution in [0.15, 0.2) is 47.4 Å². The first-order valence-corrected chi connectivity index (χ1v) is 12.3. The third kappa shape index (κ3) is 5.92. The average molecular weight is 482 g/mol. The summed E-state index contributed by atoms with van der Waals surface area (Å²) in [5.74, 6) is 1.01. The number of ether oxygens (including phenoxy) is 2. The third-order valence-corrected chi connectivity index (χ3v) is 7.39. The second-order valence-corrected chi connectivity index (χ2v) is 9.50. The number of rotatable bonds is 9. The van der Waals surface area contributed by atoms with Crippen LogP contribution in [0.1, 0.15) is 13.8 Å². The van der Waals surface area contributed by atoms with Crippen molar-refractivity contribution >= 4 is 33.2 Å². The predicted molar refractivity (Wildman–Crippen MR) is 124 cm³/mol. The Morgan fingerprint density at radius 2 is 1.72 bits per heavy atom. The number of anilines is 1. The van der Waals surface area contributed by atoms with E-state index in [4.69, 9.17) is 21.1 Å². The van der Waals surface area contributed by atoms with Crippen LogP contribution in [-0.4, -0.2) is 69.5 Å². The summed E-state index contributed by atoms with van der Waals surface area (Å²) in [4.78, 5) is 14.7. The van der Waals surface area contributed by atoms with Crippen LogP contribution in [0, 0.1) is 0 Å². The van der Waals surface area contributed by atoms with E-state index in [0.717, 1.165) is 0 Å². The van der Waals surface area contributed by atoms with Gasteiger partial charge in [0.25, 0.3) is 0 Å². The number of amides is 1. The third-order valence-electron chi connectivity index (χ3n) is 4.99. The molecular weight excluding hydrogens is 454 g/mol. The highest BCUT2D eigenvalue weighted by molar-refractivity contribution is 7.89.